The summed E-state index contributed by atoms with van der Waals surface area (Å²) in [4.78, 5) is 70.7. The van der Waals surface area contributed by atoms with Gasteiger partial charge in [-0.2, -0.15) is 0 Å². The van der Waals surface area contributed by atoms with Crippen molar-refractivity contribution >= 4 is 81.9 Å². The van der Waals surface area contributed by atoms with Gasteiger partial charge in [-0.1, -0.05) is 0 Å². The smallest absolute Gasteiger partial charge is 1.00 e. The zero-order valence-electron chi connectivity index (χ0n) is 27.4. The topological polar surface area (TPSA) is 180 Å². The molecule has 0 aromatic heterocycles. The number of likely N-dealkylation sites (N-methyl/N-ethyl adjacent to an activating group) is 2. The first-order valence-electron chi connectivity index (χ1n) is 11.0. The fraction of sp³-hybridized carbons (Fsp3) is 0.727. The van der Waals surface area contributed by atoms with E-state index in [1.165, 1.54) is 0 Å². The maximum absolute atomic E-state index is 12.1. The van der Waals surface area contributed by atoms with E-state index in [2.05, 4.69) is 9.47 Å². The second-order valence-corrected chi connectivity index (χ2v) is 10.3. The van der Waals surface area contributed by atoms with E-state index in [1.54, 1.807) is 42.3 Å². The zero-order chi connectivity index (χ0) is 28.4. The molecule has 0 saturated heterocycles. The van der Waals surface area contributed by atoms with Crippen LogP contribution in [0.1, 0.15) is 32.4 Å². The molecule has 2 unspecified atom stereocenters. The molecule has 0 aliphatic carbocycles. The molecule has 0 fully saturated rings. The third-order valence-electron chi connectivity index (χ3n) is 4.17. The molecule has 16 heteroatoms. The van der Waals surface area contributed by atoms with E-state index in [9.17, 15) is 39.0 Å². The van der Waals surface area contributed by atoms with Crippen molar-refractivity contribution in [2.45, 2.75) is 51.1 Å². The Kier molecular flexibility index (Phi) is 19.5. The van der Waals surface area contributed by atoms with Gasteiger partial charge in [-0.05, 0) is 0 Å². The molecule has 0 aromatic carbocycles. The minimum absolute atomic E-state index is 0. The number of aliphatic hydroxyl groups excluding tert-OH is 2. The van der Waals surface area contributed by atoms with Crippen molar-refractivity contribution < 1.29 is 72.6 Å². The Hall–Kier alpha value is -1.41. The third kappa shape index (κ3) is 19.6. The van der Waals surface area contributed by atoms with Crippen LogP contribution in [0.4, 0.5) is 0 Å². The van der Waals surface area contributed by atoms with E-state index in [-0.39, 0.29) is 64.9 Å². The molecule has 0 aliphatic heterocycles. The van der Waals surface area contributed by atoms with Crippen molar-refractivity contribution in [3.63, 3.8) is 0 Å². The summed E-state index contributed by atoms with van der Waals surface area (Å²) in [7, 11) is 10.6. The van der Waals surface area contributed by atoms with Gasteiger partial charge in [0.15, 0.2) is 24.4 Å². The Morgan fingerprint density at radius 3 is 1.11 bits per heavy atom. The summed E-state index contributed by atoms with van der Waals surface area (Å²) in [6.45, 7) is 2.68. The molecule has 38 heavy (non-hydrogen) atoms. The average Bonchev–Trinajstić information content (AvgIpc) is 2.62. The molecule has 4 atom stereocenters. The van der Waals surface area contributed by atoms with Crippen LogP contribution in [-0.4, -0.2) is 181 Å². The first-order chi connectivity index (χ1) is 16.2. The van der Waals surface area contributed by atoms with Crippen molar-refractivity contribution in [2.75, 3.05) is 55.4 Å². The van der Waals surface area contributed by atoms with Crippen LogP contribution in [0.5, 0.6) is 0 Å². The molecule has 0 bridgehead atoms. The molecule has 0 amide bonds. The van der Waals surface area contributed by atoms with E-state index < -0.39 is 73.1 Å². The molecule has 0 spiro atoms. The molecular weight excluding hydrogens is 533 g/mol. The van der Waals surface area contributed by atoms with E-state index in [0.29, 0.717) is 8.97 Å². The number of nitrogens with zero attached hydrogens (tertiary/aromatic N) is 2. The zero-order valence-corrected chi connectivity index (χ0v) is 26.3. The fourth-order valence-corrected chi connectivity index (χ4v) is 3.04. The van der Waals surface area contributed by atoms with E-state index >= 15 is 0 Å². The number of aliphatic hydroxyl groups is 2. The molecule has 0 heterocycles. The molecule has 0 saturated carbocycles. The Bertz CT molecular complexity index is 790. The Labute approximate surface area is 260 Å². The predicted octanol–water partition coefficient (Wildman–Crippen LogP) is -2.41. The molecule has 214 valence electrons. The minimum Gasteiger partial charge on any atom is -1.00 e. The standard InChI is InChI=1S/C22H38N2O12.2Mg.4H/c1-13(25)33-15(11-23(3,4)5)9-17(27)35-21(31)19(29)20(30)22(32)36-18(28)10-16(34-14(2)26)12-24(6,7)8;;;;;;/h15-16,19-20,29-30H,9-12H2,1-8H3;;;;;;/q3*+2;4*-1/t15-,16-,19?,20?;;;;;;/m1....../s1. The van der Waals surface area contributed by atoms with Crippen LogP contribution in [0.25, 0.3) is 0 Å². The Balaban J connectivity index is -0.000000408. The summed E-state index contributed by atoms with van der Waals surface area (Å²) in [6, 6.07) is 0. The first kappa shape index (κ1) is 41.1. The Morgan fingerprint density at radius 1 is 0.632 bits per heavy atom. The fourth-order valence-electron chi connectivity index (χ4n) is 3.04. The minimum atomic E-state index is -2.55. The maximum atomic E-state index is 12.1. The first-order valence-corrected chi connectivity index (χ1v) is 11.0. The second kappa shape index (κ2) is 18.0. The normalized spacial score (nSPS) is 14.3. The number of ether oxygens (including phenoxy) is 4. The van der Waals surface area contributed by atoms with Gasteiger partial charge in [-0.25, -0.2) is 9.59 Å². The number of carbonyl (C=O) groups is 6. The largest absolute Gasteiger partial charge is 2.00 e. The van der Waals surface area contributed by atoms with Gasteiger partial charge >= 0.3 is 81.9 Å². The van der Waals surface area contributed by atoms with Gasteiger partial charge in [0.25, 0.3) is 0 Å². The Morgan fingerprint density at radius 2 is 0.895 bits per heavy atom. The number of rotatable bonds is 13. The quantitative estimate of drug-likeness (QED) is 0.0783. The molecule has 14 nitrogen and oxygen atoms in total. The van der Waals surface area contributed by atoms with Crippen molar-refractivity contribution in [2.24, 2.45) is 0 Å². The van der Waals surface area contributed by atoms with E-state index in [1.807, 2.05) is 0 Å². The van der Waals surface area contributed by atoms with Crippen LogP contribution in [0, 0.1) is 0 Å². The summed E-state index contributed by atoms with van der Waals surface area (Å²) in [5, 5.41) is 19.8. The molecular formula is C22H42Mg2N2O12+2. The molecule has 0 radical (unpaired) electrons. The van der Waals surface area contributed by atoms with Gasteiger partial charge in [0.05, 0.1) is 55.1 Å². The van der Waals surface area contributed by atoms with Crippen molar-refractivity contribution in [1.82, 2.24) is 0 Å². The number of hydrogen-bond acceptors (Lipinski definition) is 12. The van der Waals surface area contributed by atoms with Gasteiger partial charge in [-0.15, -0.1) is 0 Å². The molecule has 0 aliphatic rings. The van der Waals surface area contributed by atoms with Gasteiger partial charge in [0.1, 0.15) is 13.1 Å². The van der Waals surface area contributed by atoms with Crippen LogP contribution in [0.2, 0.25) is 0 Å². The maximum Gasteiger partial charge on any atom is 2.00 e. The van der Waals surface area contributed by atoms with Gasteiger partial charge in [0.2, 0.25) is 0 Å². The van der Waals surface area contributed by atoms with Crippen LogP contribution >= 0.6 is 0 Å². The number of carbonyl (C=O) groups excluding carboxylic acids is 6. The summed E-state index contributed by atoms with van der Waals surface area (Å²) in [6.07, 6.45) is -8.04. The van der Waals surface area contributed by atoms with Crippen molar-refractivity contribution in [3.8, 4) is 0 Å². The summed E-state index contributed by atoms with van der Waals surface area (Å²) < 4.78 is 19.6. The number of hydrogen-bond donors (Lipinski definition) is 2. The van der Waals surface area contributed by atoms with Crippen LogP contribution < -0.4 is 0 Å². The SMILES string of the molecule is CC(=O)O[C@H](CC(=O)OC(=O)C(O)C(O)C(=O)OC(=O)C[C@H](C[N+](C)(C)C)OC(C)=O)C[N+](C)(C)C.[H-].[H-].[H-].[H-].[Mg+2].[Mg+2]. The van der Waals surface area contributed by atoms with E-state index in [4.69, 9.17) is 9.47 Å². The molecule has 0 aromatic rings. The predicted molar refractivity (Wildman–Crippen MR) is 136 cm³/mol. The van der Waals surface area contributed by atoms with Crippen LogP contribution in [0.15, 0.2) is 0 Å². The summed E-state index contributed by atoms with van der Waals surface area (Å²) in [5.41, 5.74) is 0. The monoisotopic (exact) mass is 574 g/mol. The van der Waals surface area contributed by atoms with Gasteiger partial charge in [0, 0.05) is 13.8 Å². The van der Waals surface area contributed by atoms with Crippen LogP contribution in [-0.2, 0) is 47.7 Å². The number of quaternary nitrogens is 2. The van der Waals surface area contributed by atoms with Crippen LogP contribution in [0.3, 0.4) is 0 Å². The third-order valence-corrected chi connectivity index (χ3v) is 4.17. The second-order valence-electron chi connectivity index (χ2n) is 10.3. The molecule has 0 rings (SSSR count). The molecule has 2 N–H and O–H groups in total. The summed E-state index contributed by atoms with van der Waals surface area (Å²) >= 11 is 0. The summed E-state index contributed by atoms with van der Waals surface area (Å²) in [5.74, 6) is -7.03. The van der Waals surface area contributed by atoms with E-state index in [0.717, 1.165) is 13.8 Å². The van der Waals surface area contributed by atoms with Crippen molar-refractivity contribution in [3.05, 3.63) is 0 Å². The van der Waals surface area contributed by atoms with Gasteiger partial charge < -0.3 is 43.8 Å². The van der Waals surface area contributed by atoms with Gasteiger partial charge in [-0.3, -0.25) is 19.2 Å². The average molecular weight is 575 g/mol. The van der Waals surface area contributed by atoms with Crippen molar-refractivity contribution in [1.29, 1.82) is 0 Å². The number of esters is 6.